The van der Waals surface area contributed by atoms with Gasteiger partial charge in [-0.05, 0) is 25.2 Å². The van der Waals surface area contributed by atoms with Crippen LogP contribution in [0.3, 0.4) is 0 Å². The Bertz CT molecular complexity index is 618. The van der Waals surface area contributed by atoms with Gasteiger partial charge in [-0.25, -0.2) is 0 Å². The summed E-state index contributed by atoms with van der Waals surface area (Å²) >= 11 is 0. The molecule has 2 atom stereocenters. The minimum atomic E-state index is -0.382. The van der Waals surface area contributed by atoms with E-state index < -0.39 is 0 Å². The predicted octanol–water partition coefficient (Wildman–Crippen LogP) is 1.22. The van der Waals surface area contributed by atoms with Crippen molar-refractivity contribution in [1.82, 2.24) is 15.1 Å². The molecule has 3 aliphatic rings. The van der Waals surface area contributed by atoms with Crippen LogP contribution in [0.2, 0.25) is 0 Å². The van der Waals surface area contributed by atoms with E-state index in [2.05, 4.69) is 15.5 Å². The van der Waals surface area contributed by atoms with Crippen molar-refractivity contribution < 1.29 is 18.7 Å². The lowest BCUT2D eigenvalue weighted by atomic mass is 9.94. The highest BCUT2D eigenvalue weighted by Crippen LogP contribution is 2.35. The summed E-state index contributed by atoms with van der Waals surface area (Å²) in [7, 11) is 0. The van der Waals surface area contributed by atoms with E-state index in [-0.39, 0.29) is 11.5 Å². The Morgan fingerprint density at radius 1 is 1.36 bits per heavy atom. The van der Waals surface area contributed by atoms with Gasteiger partial charge in [0.25, 0.3) is 0 Å². The first kappa shape index (κ1) is 16.8. The van der Waals surface area contributed by atoms with Crippen LogP contribution in [-0.2, 0) is 14.3 Å². The van der Waals surface area contributed by atoms with Crippen molar-refractivity contribution in [3.63, 3.8) is 0 Å². The average Bonchev–Trinajstić information content (AvgIpc) is 3.22. The number of nitrogens with one attached hydrogen (secondary N) is 1. The second kappa shape index (κ2) is 6.92. The van der Waals surface area contributed by atoms with Gasteiger partial charge < -0.3 is 24.1 Å². The summed E-state index contributed by atoms with van der Waals surface area (Å²) in [6, 6.07) is 0.441. The summed E-state index contributed by atoms with van der Waals surface area (Å²) < 4.78 is 17.3. The van der Waals surface area contributed by atoms with Gasteiger partial charge in [-0.1, -0.05) is 5.10 Å². The van der Waals surface area contributed by atoms with Crippen molar-refractivity contribution in [3.05, 3.63) is 5.89 Å². The van der Waals surface area contributed by atoms with E-state index in [9.17, 15) is 4.79 Å². The topological polar surface area (TPSA) is 89.7 Å². The maximum atomic E-state index is 12.5. The molecule has 1 N–H and O–H groups in total. The molecule has 0 radical (unpaired) electrons. The van der Waals surface area contributed by atoms with Crippen LogP contribution in [0.5, 0.6) is 0 Å². The molecule has 2 unspecified atom stereocenters. The minimum absolute atomic E-state index is 0.249. The highest BCUT2D eigenvalue weighted by atomic mass is 16.5. The highest BCUT2D eigenvalue weighted by molar-refractivity contribution is 5.76. The van der Waals surface area contributed by atoms with Crippen LogP contribution < -0.4 is 5.32 Å². The normalized spacial score (nSPS) is 29.8. The molecule has 4 rings (SSSR count). The number of hydrogen-bond acceptors (Lipinski definition) is 7. The molecule has 1 aromatic heterocycles. The number of ether oxygens (including phenoxy) is 2. The Morgan fingerprint density at radius 2 is 2.24 bits per heavy atom. The van der Waals surface area contributed by atoms with Crippen LogP contribution in [0.1, 0.15) is 31.6 Å². The lowest BCUT2D eigenvalue weighted by Crippen LogP contribution is -2.46. The summed E-state index contributed by atoms with van der Waals surface area (Å²) in [6.07, 6.45) is 3.93. The second-order valence-corrected chi connectivity index (χ2v) is 7.59. The summed E-state index contributed by atoms with van der Waals surface area (Å²) in [6.45, 7) is 5.56. The third-order valence-electron chi connectivity index (χ3n) is 5.22. The van der Waals surface area contributed by atoms with Crippen molar-refractivity contribution >= 4 is 11.9 Å². The van der Waals surface area contributed by atoms with E-state index in [1.807, 2.05) is 4.90 Å². The number of anilines is 1. The first-order valence-corrected chi connectivity index (χ1v) is 9.15. The molecule has 25 heavy (non-hydrogen) atoms. The van der Waals surface area contributed by atoms with Crippen LogP contribution in [0.4, 0.5) is 6.01 Å². The fourth-order valence-electron chi connectivity index (χ4n) is 3.70. The van der Waals surface area contributed by atoms with Crippen LogP contribution in [0, 0.1) is 18.8 Å². The fourth-order valence-corrected chi connectivity index (χ4v) is 3.70. The van der Waals surface area contributed by atoms with Crippen molar-refractivity contribution in [2.24, 2.45) is 11.8 Å². The Kier molecular flexibility index (Phi) is 4.64. The monoisotopic (exact) mass is 350 g/mol. The number of carbonyl (C=O) groups excluding carboxylic acids is 1. The molecule has 3 heterocycles. The van der Waals surface area contributed by atoms with Crippen molar-refractivity contribution in [1.29, 1.82) is 0 Å². The summed E-state index contributed by atoms with van der Waals surface area (Å²) in [5, 5.41) is 10.9. The first-order valence-electron chi connectivity index (χ1n) is 9.15. The number of aryl methyl sites for hydroxylation is 1. The number of aromatic nitrogens is 2. The second-order valence-electron chi connectivity index (χ2n) is 7.59. The van der Waals surface area contributed by atoms with E-state index in [1.165, 1.54) is 12.8 Å². The van der Waals surface area contributed by atoms with Gasteiger partial charge in [0.05, 0.1) is 26.4 Å². The molecular weight excluding hydrogens is 324 g/mol. The molecule has 2 saturated heterocycles. The van der Waals surface area contributed by atoms with Gasteiger partial charge >= 0.3 is 6.01 Å². The summed E-state index contributed by atoms with van der Waals surface area (Å²) in [5.74, 6) is 1.73. The number of carbonyl (C=O) groups is 1. The van der Waals surface area contributed by atoms with Crippen molar-refractivity contribution in [2.45, 2.75) is 38.2 Å². The number of hydrogen-bond donors (Lipinski definition) is 1. The molecule has 3 fully saturated rings. The van der Waals surface area contributed by atoms with Gasteiger partial charge in [0.2, 0.25) is 11.8 Å². The Balaban J connectivity index is 1.33. The van der Waals surface area contributed by atoms with Crippen LogP contribution in [-0.4, -0.2) is 66.1 Å². The van der Waals surface area contributed by atoms with Gasteiger partial charge in [-0.2, -0.15) is 0 Å². The molecule has 138 valence electrons. The molecule has 1 aromatic rings. The average molecular weight is 350 g/mol. The molecule has 1 aliphatic carbocycles. The fraction of sp³-hybridized carbons (Fsp3) is 0.824. The third kappa shape index (κ3) is 4.12. The van der Waals surface area contributed by atoms with E-state index >= 15 is 0 Å². The smallest absolute Gasteiger partial charge is 0.315 e. The summed E-state index contributed by atoms with van der Waals surface area (Å²) in [4.78, 5) is 14.5. The zero-order valence-electron chi connectivity index (χ0n) is 14.7. The van der Waals surface area contributed by atoms with E-state index in [0.717, 1.165) is 6.42 Å². The Labute approximate surface area is 147 Å². The molecule has 1 spiro atoms. The van der Waals surface area contributed by atoms with Crippen LogP contribution >= 0.6 is 0 Å². The zero-order valence-corrected chi connectivity index (χ0v) is 14.7. The van der Waals surface area contributed by atoms with Crippen molar-refractivity contribution in [2.75, 3.05) is 44.8 Å². The molecular formula is C17H26N4O4. The number of nitrogens with zero attached hydrogens (tertiary/aromatic N) is 3. The van der Waals surface area contributed by atoms with Crippen LogP contribution in [0.25, 0.3) is 0 Å². The van der Waals surface area contributed by atoms with E-state index in [1.54, 1.807) is 6.92 Å². The molecule has 8 nitrogen and oxygen atoms in total. The van der Waals surface area contributed by atoms with Gasteiger partial charge in [0, 0.05) is 32.4 Å². The minimum Gasteiger partial charge on any atom is -0.408 e. The van der Waals surface area contributed by atoms with Gasteiger partial charge in [0.15, 0.2) is 0 Å². The van der Waals surface area contributed by atoms with E-state index in [0.29, 0.717) is 69.6 Å². The standard InChI is InChI=1S/C17H26N4O4/c1-12-19-20-16(25-12)18-8-14-7-17(24-9-14)10-21(4-5-23-11-17)15(22)6-13-2-3-13/h13-14H,2-11H2,1H3,(H,18,20). The molecule has 0 bridgehead atoms. The molecule has 1 saturated carbocycles. The number of rotatable bonds is 5. The molecule has 8 heteroatoms. The third-order valence-corrected chi connectivity index (χ3v) is 5.22. The SMILES string of the molecule is Cc1nnc(NCC2COC3(COCCN(C(=O)CC4CC4)C3)C2)o1. The van der Waals surface area contributed by atoms with Crippen molar-refractivity contribution in [3.8, 4) is 0 Å². The predicted molar refractivity (Wildman–Crippen MR) is 89.1 cm³/mol. The van der Waals surface area contributed by atoms with Gasteiger partial charge in [-0.15, -0.1) is 5.10 Å². The Morgan fingerprint density at radius 3 is 3.00 bits per heavy atom. The van der Waals surface area contributed by atoms with Gasteiger partial charge in [-0.3, -0.25) is 4.79 Å². The molecule has 0 aromatic carbocycles. The zero-order chi connectivity index (χ0) is 17.3. The Hall–Kier alpha value is -1.67. The molecule has 2 aliphatic heterocycles. The molecule has 1 amide bonds. The lowest BCUT2D eigenvalue weighted by molar-refractivity contribution is -0.134. The maximum Gasteiger partial charge on any atom is 0.315 e. The number of amides is 1. The lowest BCUT2D eigenvalue weighted by Gasteiger charge is -2.31. The largest absolute Gasteiger partial charge is 0.408 e. The highest BCUT2D eigenvalue weighted by Gasteiger charge is 2.44. The quantitative estimate of drug-likeness (QED) is 0.854. The maximum absolute atomic E-state index is 12.5. The van der Waals surface area contributed by atoms with E-state index in [4.69, 9.17) is 13.9 Å². The first-order chi connectivity index (χ1) is 12.1. The van der Waals surface area contributed by atoms with Crippen LogP contribution in [0.15, 0.2) is 4.42 Å². The summed E-state index contributed by atoms with van der Waals surface area (Å²) in [5.41, 5.74) is -0.382. The van der Waals surface area contributed by atoms with Gasteiger partial charge in [0.1, 0.15) is 5.60 Å².